The topological polar surface area (TPSA) is 91.2 Å². The summed E-state index contributed by atoms with van der Waals surface area (Å²) in [6.07, 6.45) is 6.67. The monoisotopic (exact) mass is 375 g/mol. The summed E-state index contributed by atoms with van der Waals surface area (Å²) in [5, 5.41) is 15.2. The highest BCUT2D eigenvalue weighted by molar-refractivity contribution is 6.34. The maximum Gasteiger partial charge on any atom is 0.350 e. The van der Waals surface area contributed by atoms with E-state index in [-0.39, 0.29) is 24.1 Å². The second kappa shape index (κ2) is 9.83. The molecule has 26 heavy (non-hydrogen) atoms. The Morgan fingerprint density at radius 1 is 1.35 bits per heavy atom. The Labute approximate surface area is 158 Å². The molecule has 7 heteroatoms. The van der Waals surface area contributed by atoms with Gasteiger partial charge in [0.15, 0.2) is 5.57 Å². The Balaban J connectivity index is 2.09. The van der Waals surface area contributed by atoms with Gasteiger partial charge in [-0.2, -0.15) is 5.26 Å². The summed E-state index contributed by atoms with van der Waals surface area (Å²) in [7, 11) is 0. The lowest BCUT2D eigenvalue weighted by Crippen LogP contribution is -2.36. The molecule has 1 aromatic carbocycles. The molecule has 0 radical (unpaired) electrons. The number of esters is 1. The summed E-state index contributed by atoms with van der Waals surface area (Å²) >= 11 is 6.16. The molecular formula is C19H22ClN3O3. The predicted octanol–water partition coefficient (Wildman–Crippen LogP) is 3.78. The van der Waals surface area contributed by atoms with Gasteiger partial charge in [-0.1, -0.05) is 30.9 Å². The Morgan fingerprint density at radius 2 is 2.08 bits per heavy atom. The summed E-state index contributed by atoms with van der Waals surface area (Å²) in [5.74, 6) is -0.924. The third-order valence-corrected chi connectivity index (χ3v) is 4.48. The lowest BCUT2D eigenvalue weighted by molar-refractivity contribution is -0.138. The molecule has 1 fully saturated rings. The number of carbonyl (C=O) groups is 2. The standard InChI is InChI=1S/C19H22ClN3O3/c1-2-26-19(25)13(11-21)12-22-15-8-9-17(20)16(10-15)18(24)23-14-6-4-3-5-7-14/h8-10,12,14,22H,2-7H2,1H3,(H,23,24)/b13-12-. The van der Waals surface area contributed by atoms with E-state index in [2.05, 4.69) is 10.6 Å². The van der Waals surface area contributed by atoms with Crippen LogP contribution in [0.3, 0.4) is 0 Å². The van der Waals surface area contributed by atoms with Gasteiger partial charge in [0.1, 0.15) is 6.07 Å². The van der Waals surface area contributed by atoms with Gasteiger partial charge in [0.2, 0.25) is 0 Å². The van der Waals surface area contributed by atoms with Crippen molar-refractivity contribution in [2.75, 3.05) is 11.9 Å². The van der Waals surface area contributed by atoms with E-state index in [0.717, 1.165) is 25.7 Å². The van der Waals surface area contributed by atoms with Gasteiger partial charge in [-0.25, -0.2) is 4.79 Å². The van der Waals surface area contributed by atoms with Crippen LogP contribution in [-0.2, 0) is 9.53 Å². The van der Waals surface area contributed by atoms with Crippen LogP contribution >= 0.6 is 11.6 Å². The van der Waals surface area contributed by atoms with Gasteiger partial charge in [-0.15, -0.1) is 0 Å². The number of hydrogen-bond donors (Lipinski definition) is 2. The van der Waals surface area contributed by atoms with Crippen LogP contribution in [0.1, 0.15) is 49.4 Å². The molecule has 0 atom stereocenters. The molecule has 0 aromatic heterocycles. The van der Waals surface area contributed by atoms with Gasteiger partial charge in [-0.3, -0.25) is 4.79 Å². The smallest absolute Gasteiger partial charge is 0.350 e. The highest BCUT2D eigenvalue weighted by Gasteiger charge is 2.18. The van der Waals surface area contributed by atoms with Crippen molar-refractivity contribution in [1.29, 1.82) is 5.26 Å². The summed E-state index contributed by atoms with van der Waals surface area (Å²) in [4.78, 5) is 24.1. The first-order valence-corrected chi connectivity index (χ1v) is 9.07. The first kappa shape index (κ1) is 19.8. The van der Waals surface area contributed by atoms with Crippen LogP contribution in [0.25, 0.3) is 0 Å². The van der Waals surface area contributed by atoms with Crippen molar-refractivity contribution in [1.82, 2.24) is 5.32 Å². The van der Waals surface area contributed by atoms with Crippen LogP contribution in [0.5, 0.6) is 0 Å². The number of nitrogens with zero attached hydrogens (tertiary/aromatic N) is 1. The molecule has 0 aliphatic heterocycles. The van der Waals surface area contributed by atoms with Crippen LogP contribution in [-0.4, -0.2) is 24.5 Å². The van der Waals surface area contributed by atoms with Gasteiger partial charge in [-0.05, 0) is 38.0 Å². The number of ether oxygens (including phenoxy) is 1. The second-order valence-corrected chi connectivity index (χ2v) is 6.44. The summed E-state index contributed by atoms with van der Waals surface area (Å²) in [5.41, 5.74) is 0.737. The van der Waals surface area contributed by atoms with Crippen LogP contribution in [0.4, 0.5) is 5.69 Å². The lowest BCUT2D eigenvalue weighted by atomic mass is 9.95. The van der Waals surface area contributed by atoms with Crippen molar-refractivity contribution in [2.24, 2.45) is 0 Å². The Bertz CT molecular complexity index is 734. The normalized spacial score (nSPS) is 15.0. The molecule has 0 bridgehead atoms. The molecule has 1 amide bonds. The number of carbonyl (C=O) groups excluding carboxylic acids is 2. The molecule has 1 aromatic rings. The van der Waals surface area contributed by atoms with Crippen LogP contribution < -0.4 is 10.6 Å². The molecule has 1 saturated carbocycles. The number of rotatable bonds is 6. The van der Waals surface area contributed by atoms with Crippen molar-refractivity contribution in [3.05, 3.63) is 40.6 Å². The van der Waals surface area contributed by atoms with E-state index in [9.17, 15) is 9.59 Å². The quantitative estimate of drug-likeness (QED) is 0.448. The van der Waals surface area contributed by atoms with Crippen molar-refractivity contribution in [3.8, 4) is 6.07 Å². The molecule has 6 nitrogen and oxygen atoms in total. The highest BCUT2D eigenvalue weighted by atomic mass is 35.5. The minimum atomic E-state index is -0.702. The summed E-state index contributed by atoms with van der Waals surface area (Å²) in [6.45, 7) is 1.85. The van der Waals surface area contributed by atoms with Crippen molar-refractivity contribution in [2.45, 2.75) is 45.1 Å². The number of benzene rings is 1. The molecule has 2 N–H and O–H groups in total. The van der Waals surface area contributed by atoms with Crippen molar-refractivity contribution >= 4 is 29.2 Å². The van der Waals surface area contributed by atoms with E-state index in [0.29, 0.717) is 16.3 Å². The molecule has 1 aliphatic carbocycles. The fourth-order valence-electron chi connectivity index (χ4n) is 2.80. The fourth-order valence-corrected chi connectivity index (χ4v) is 3.00. The third kappa shape index (κ3) is 5.50. The van der Waals surface area contributed by atoms with E-state index in [1.54, 1.807) is 31.2 Å². The maximum atomic E-state index is 12.5. The number of halogens is 1. The van der Waals surface area contributed by atoms with Crippen LogP contribution in [0.15, 0.2) is 30.0 Å². The van der Waals surface area contributed by atoms with E-state index >= 15 is 0 Å². The molecule has 1 aliphatic rings. The Kier molecular flexibility index (Phi) is 7.49. The largest absolute Gasteiger partial charge is 0.462 e. The minimum Gasteiger partial charge on any atom is -0.462 e. The Hall–Kier alpha value is -2.52. The van der Waals surface area contributed by atoms with Crippen molar-refractivity contribution < 1.29 is 14.3 Å². The molecule has 2 rings (SSSR count). The van der Waals surface area contributed by atoms with Gasteiger partial charge >= 0.3 is 5.97 Å². The number of nitriles is 1. The fraction of sp³-hybridized carbons (Fsp3) is 0.421. The molecule has 0 heterocycles. The zero-order chi connectivity index (χ0) is 18.9. The van der Waals surface area contributed by atoms with Gasteiger partial charge in [0.05, 0.1) is 17.2 Å². The van der Waals surface area contributed by atoms with E-state index in [4.69, 9.17) is 21.6 Å². The average molecular weight is 376 g/mol. The summed E-state index contributed by atoms with van der Waals surface area (Å²) < 4.78 is 4.79. The van der Waals surface area contributed by atoms with E-state index in [1.165, 1.54) is 12.6 Å². The van der Waals surface area contributed by atoms with Gasteiger partial charge in [0.25, 0.3) is 5.91 Å². The van der Waals surface area contributed by atoms with Crippen LogP contribution in [0.2, 0.25) is 5.02 Å². The van der Waals surface area contributed by atoms with E-state index < -0.39 is 5.97 Å². The lowest BCUT2D eigenvalue weighted by Gasteiger charge is -2.23. The average Bonchev–Trinajstić information content (AvgIpc) is 2.64. The number of amides is 1. The predicted molar refractivity (Wildman–Crippen MR) is 99.7 cm³/mol. The number of nitrogens with one attached hydrogen (secondary N) is 2. The number of hydrogen-bond acceptors (Lipinski definition) is 5. The minimum absolute atomic E-state index is 0.157. The van der Waals surface area contributed by atoms with E-state index in [1.807, 2.05) is 0 Å². The second-order valence-electron chi connectivity index (χ2n) is 6.04. The van der Waals surface area contributed by atoms with Gasteiger partial charge < -0.3 is 15.4 Å². The van der Waals surface area contributed by atoms with Crippen molar-refractivity contribution in [3.63, 3.8) is 0 Å². The Morgan fingerprint density at radius 3 is 2.73 bits per heavy atom. The number of anilines is 1. The molecule has 0 saturated heterocycles. The van der Waals surface area contributed by atoms with Crippen LogP contribution in [0, 0.1) is 11.3 Å². The molecule has 0 unspecified atom stereocenters. The SMILES string of the molecule is CCOC(=O)/C(C#N)=C\Nc1ccc(Cl)c(C(=O)NC2CCCCC2)c1. The zero-order valence-corrected chi connectivity index (χ0v) is 15.4. The first-order chi connectivity index (χ1) is 12.5. The first-order valence-electron chi connectivity index (χ1n) is 8.69. The summed E-state index contributed by atoms with van der Waals surface area (Å²) in [6, 6.07) is 6.82. The zero-order valence-electron chi connectivity index (χ0n) is 14.7. The molecule has 138 valence electrons. The third-order valence-electron chi connectivity index (χ3n) is 4.15. The molecular weight excluding hydrogens is 354 g/mol. The highest BCUT2D eigenvalue weighted by Crippen LogP contribution is 2.23. The maximum absolute atomic E-state index is 12.5. The van der Waals surface area contributed by atoms with Gasteiger partial charge in [0, 0.05) is 17.9 Å². The molecule has 0 spiro atoms.